The Morgan fingerprint density at radius 3 is 2.59 bits per heavy atom. The molecule has 2 amide bonds. The maximum absolute atomic E-state index is 13.9. The van der Waals surface area contributed by atoms with Gasteiger partial charge in [0.1, 0.15) is 11.6 Å². The monoisotopic (exact) mass is 444 g/mol. The lowest BCUT2D eigenvalue weighted by molar-refractivity contribution is -0.155. The molecule has 1 aromatic carbocycles. The summed E-state index contributed by atoms with van der Waals surface area (Å²) in [7, 11) is 0. The van der Waals surface area contributed by atoms with Crippen LogP contribution in [0.1, 0.15) is 52.1 Å². The van der Waals surface area contributed by atoms with E-state index in [4.69, 9.17) is 9.47 Å². The van der Waals surface area contributed by atoms with Crippen molar-refractivity contribution in [3.8, 4) is 0 Å². The number of nitrogens with zero attached hydrogens (tertiary/aromatic N) is 1. The number of nitrogens with one attached hydrogen (secondary N) is 1. The van der Waals surface area contributed by atoms with Crippen LogP contribution in [0.3, 0.4) is 0 Å². The molecule has 8 heteroatoms. The Bertz CT molecular complexity index is 898. The molecular formula is C24H32N2O6. The smallest absolute Gasteiger partial charge is 0.312 e. The highest BCUT2D eigenvalue weighted by atomic mass is 16.6. The zero-order chi connectivity index (χ0) is 23.3. The molecule has 8 nitrogen and oxygen atoms in total. The highest BCUT2D eigenvalue weighted by molar-refractivity contribution is 5.98. The zero-order valence-electron chi connectivity index (χ0n) is 19.0. The summed E-state index contributed by atoms with van der Waals surface area (Å²) in [6, 6.07) is 7.45. The average Bonchev–Trinajstić information content (AvgIpc) is 3.36. The first kappa shape index (κ1) is 22.7. The minimum atomic E-state index is -1.11. The van der Waals surface area contributed by atoms with Crippen molar-refractivity contribution in [2.24, 2.45) is 11.8 Å². The maximum atomic E-state index is 13.9. The van der Waals surface area contributed by atoms with Crippen molar-refractivity contribution >= 4 is 17.8 Å². The molecule has 3 aliphatic rings. The number of rotatable bonds is 6. The highest BCUT2D eigenvalue weighted by Crippen LogP contribution is 2.59. The van der Waals surface area contributed by atoms with Gasteiger partial charge in [-0.15, -0.1) is 0 Å². The number of fused-ring (bicyclic) bond motifs is 1. The van der Waals surface area contributed by atoms with Crippen LogP contribution in [0.15, 0.2) is 30.3 Å². The molecule has 3 fully saturated rings. The van der Waals surface area contributed by atoms with Crippen molar-refractivity contribution in [3.63, 3.8) is 0 Å². The van der Waals surface area contributed by atoms with E-state index >= 15 is 0 Å². The lowest BCUT2D eigenvalue weighted by atomic mass is 9.70. The highest BCUT2D eigenvalue weighted by Gasteiger charge is 2.75. The van der Waals surface area contributed by atoms with Crippen LogP contribution in [0, 0.1) is 11.8 Å². The summed E-state index contributed by atoms with van der Waals surface area (Å²) >= 11 is 0. The average molecular weight is 445 g/mol. The van der Waals surface area contributed by atoms with Gasteiger partial charge in [-0.05, 0) is 46.1 Å². The van der Waals surface area contributed by atoms with Gasteiger partial charge in [0.2, 0.25) is 11.8 Å². The molecule has 3 aliphatic heterocycles. The first-order valence-corrected chi connectivity index (χ1v) is 11.3. The molecule has 2 bridgehead atoms. The van der Waals surface area contributed by atoms with E-state index in [1.165, 1.54) is 4.90 Å². The molecule has 6 atom stereocenters. The fraction of sp³-hybridized carbons (Fsp3) is 0.625. The lowest BCUT2D eigenvalue weighted by Gasteiger charge is -2.38. The number of amides is 2. The number of hydrogen-bond donors (Lipinski definition) is 2. The molecule has 3 heterocycles. The van der Waals surface area contributed by atoms with Gasteiger partial charge in [0, 0.05) is 5.54 Å². The van der Waals surface area contributed by atoms with Crippen molar-refractivity contribution in [1.29, 1.82) is 0 Å². The second-order valence-electron chi connectivity index (χ2n) is 9.90. The topological polar surface area (TPSA) is 105 Å². The molecule has 32 heavy (non-hydrogen) atoms. The van der Waals surface area contributed by atoms with Gasteiger partial charge in [-0.1, -0.05) is 30.3 Å². The van der Waals surface area contributed by atoms with Crippen LogP contribution in [0.25, 0.3) is 0 Å². The Hall–Kier alpha value is -2.45. The van der Waals surface area contributed by atoms with Gasteiger partial charge in [-0.2, -0.15) is 0 Å². The van der Waals surface area contributed by atoms with Crippen molar-refractivity contribution in [1.82, 2.24) is 10.2 Å². The summed E-state index contributed by atoms with van der Waals surface area (Å²) in [4.78, 5) is 41.8. The molecule has 1 spiro atoms. The molecule has 2 N–H and O–H groups in total. The van der Waals surface area contributed by atoms with E-state index in [1.54, 1.807) is 6.92 Å². The normalized spacial score (nSPS) is 32.0. The Labute approximate surface area is 188 Å². The predicted molar refractivity (Wildman–Crippen MR) is 115 cm³/mol. The van der Waals surface area contributed by atoms with Gasteiger partial charge in [-0.25, -0.2) is 0 Å². The van der Waals surface area contributed by atoms with Crippen molar-refractivity contribution in [2.75, 3.05) is 13.2 Å². The minimum Gasteiger partial charge on any atom is -0.466 e. The largest absolute Gasteiger partial charge is 0.466 e. The fourth-order valence-corrected chi connectivity index (χ4v) is 5.70. The van der Waals surface area contributed by atoms with Crippen LogP contribution >= 0.6 is 0 Å². The lowest BCUT2D eigenvalue weighted by Crippen LogP contribution is -2.59. The third-order valence-electron chi connectivity index (χ3n) is 6.74. The van der Waals surface area contributed by atoms with E-state index in [0.29, 0.717) is 12.8 Å². The van der Waals surface area contributed by atoms with E-state index in [1.807, 2.05) is 51.1 Å². The molecule has 4 rings (SSSR count). The van der Waals surface area contributed by atoms with E-state index in [0.717, 1.165) is 5.56 Å². The maximum Gasteiger partial charge on any atom is 0.312 e. The van der Waals surface area contributed by atoms with Crippen molar-refractivity contribution in [2.45, 2.75) is 69.9 Å². The van der Waals surface area contributed by atoms with E-state index in [-0.39, 0.29) is 25.0 Å². The standard InChI is InChI=1S/C24H32N2O6/c1-5-31-22(30)17-16-11-12-24(32-16)18(17)21(29)26(19(24)20(28)25-23(2,3)4)15(13-27)14-9-7-6-8-10-14/h6-10,15-19,27H,5,11-13H2,1-4H3,(H,25,28)/t15-,16+,17-,18+,19?,24?/m1/s1. The summed E-state index contributed by atoms with van der Waals surface area (Å²) in [6.45, 7) is 7.19. The molecule has 2 unspecified atom stereocenters. The Kier molecular flexibility index (Phi) is 5.79. The molecule has 0 saturated carbocycles. The third-order valence-corrected chi connectivity index (χ3v) is 6.74. The third kappa shape index (κ3) is 3.49. The van der Waals surface area contributed by atoms with Gasteiger partial charge in [0.05, 0.1) is 37.2 Å². The molecule has 0 radical (unpaired) electrons. The number of aliphatic hydroxyl groups excluding tert-OH is 1. The van der Waals surface area contributed by atoms with Crippen LogP contribution in [-0.2, 0) is 23.9 Å². The summed E-state index contributed by atoms with van der Waals surface area (Å²) in [5, 5.41) is 13.3. The molecule has 0 aromatic heterocycles. The quantitative estimate of drug-likeness (QED) is 0.646. The molecule has 0 aliphatic carbocycles. The van der Waals surface area contributed by atoms with Gasteiger partial charge in [-0.3, -0.25) is 14.4 Å². The van der Waals surface area contributed by atoms with Crippen LogP contribution < -0.4 is 5.32 Å². The predicted octanol–water partition coefficient (Wildman–Crippen LogP) is 1.57. The Balaban J connectivity index is 1.81. The number of esters is 1. The molecular weight excluding hydrogens is 412 g/mol. The van der Waals surface area contributed by atoms with Crippen LogP contribution in [0.4, 0.5) is 0 Å². The van der Waals surface area contributed by atoms with Crippen LogP contribution in [0.5, 0.6) is 0 Å². The summed E-state index contributed by atoms with van der Waals surface area (Å²) < 4.78 is 11.6. The van der Waals surface area contributed by atoms with Crippen LogP contribution in [0.2, 0.25) is 0 Å². The van der Waals surface area contributed by atoms with Gasteiger partial charge in [0.15, 0.2) is 0 Å². The van der Waals surface area contributed by atoms with E-state index in [9.17, 15) is 19.5 Å². The number of benzene rings is 1. The molecule has 1 aromatic rings. The number of hydrogen-bond acceptors (Lipinski definition) is 6. The summed E-state index contributed by atoms with van der Waals surface area (Å²) in [6.07, 6.45) is 0.630. The number of ether oxygens (including phenoxy) is 2. The molecule has 3 saturated heterocycles. The number of carbonyl (C=O) groups is 3. The van der Waals surface area contributed by atoms with Gasteiger partial charge in [0.25, 0.3) is 0 Å². The van der Waals surface area contributed by atoms with E-state index in [2.05, 4.69) is 5.32 Å². The Morgan fingerprint density at radius 1 is 1.31 bits per heavy atom. The minimum absolute atomic E-state index is 0.205. The second-order valence-corrected chi connectivity index (χ2v) is 9.90. The van der Waals surface area contributed by atoms with Gasteiger partial charge < -0.3 is 24.8 Å². The SMILES string of the molecule is CCOC(=O)[C@@H]1[C@@H]2CCC3(O2)C(C(=O)NC(C)(C)C)N([C@H](CO)c2ccccc2)C(=O)[C@H]13. The Morgan fingerprint density at radius 2 is 2.00 bits per heavy atom. The molecule has 174 valence electrons. The van der Waals surface area contributed by atoms with Crippen molar-refractivity contribution < 1.29 is 29.0 Å². The summed E-state index contributed by atoms with van der Waals surface area (Å²) in [5.74, 6) is -2.71. The number of carbonyl (C=O) groups excluding carboxylic acids is 3. The van der Waals surface area contributed by atoms with Crippen LogP contribution in [-0.4, -0.2) is 64.3 Å². The van der Waals surface area contributed by atoms with Gasteiger partial charge >= 0.3 is 5.97 Å². The van der Waals surface area contributed by atoms with Crippen molar-refractivity contribution in [3.05, 3.63) is 35.9 Å². The zero-order valence-corrected chi connectivity index (χ0v) is 19.0. The first-order valence-electron chi connectivity index (χ1n) is 11.3. The number of likely N-dealkylation sites (tertiary alicyclic amines) is 1. The second kappa shape index (κ2) is 8.15. The fourth-order valence-electron chi connectivity index (χ4n) is 5.70. The number of aliphatic hydroxyl groups is 1. The van der Waals surface area contributed by atoms with E-state index < -0.39 is 47.1 Å². The summed E-state index contributed by atoms with van der Waals surface area (Å²) in [5.41, 5.74) is -0.925. The first-order chi connectivity index (χ1) is 15.1.